The first-order valence-corrected chi connectivity index (χ1v) is 10.5. The second-order valence-electron chi connectivity index (χ2n) is 8.16. The van der Waals surface area contributed by atoms with Gasteiger partial charge in [0.25, 0.3) is 0 Å². The number of carbonyl (C=O) groups is 1. The van der Waals surface area contributed by atoms with Crippen LogP contribution in [0, 0.1) is 0 Å². The van der Waals surface area contributed by atoms with E-state index in [0.29, 0.717) is 0 Å². The summed E-state index contributed by atoms with van der Waals surface area (Å²) in [5, 5.41) is 111. The molecule has 1 aliphatic heterocycles. The van der Waals surface area contributed by atoms with Crippen LogP contribution in [0.3, 0.4) is 0 Å². The molecule has 1 heterocycles. The molecular formula is C19H33NO14. The SMILES string of the molecule is O=C([C@@H](O)CO)[C@H](OC1O[C@H](CO)C(NC2C=C(CO)[C@@H](O)C(O)[C@H]2O)[C@H](O)C1O)C(O)CO. The number of carbonyl (C=O) groups excluding carboxylic acids is 1. The standard InChI is InChI=1S/C19H33NO14/c21-2-6-1-7(13(28)16(31)12(6)27)20-11-10(5-24)33-19(17(32)15(11)30)34-18(9(26)4-23)14(29)8(25)3-22/h1,7-13,15-28,30-32H,2-5H2/t7?,8-,9?,10+,11?,12+,13-,15-,16?,17?,18+,19?/m0/s1. The molecule has 6 unspecified atom stereocenters. The molecule has 0 aromatic heterocycles. The zero-order valence-electron chi connectivity index (χ0n) is 18.0. The number of Topliss-reactive ketones (excluding diaryl/α,β-unsaturated/α-hetero) is 1. The highest BCUT2D eigenvalue weighted by Crippen LogP contribution is 2.27. The van der Waals surface area contributed by atoms with Gasteiger partial charge in [0.1, 0.15) is 54.9 Å². The van der Waals surface area contributed by atoms with Crippen molar-refractivity contribution >= 4 is 5.78 Å². The molecule has 15 nitrogen and oxygen atoms in total. The maximum Gasteiger partial charge on any atom is 0.195 e. The van der Waals surface area contributed by atoms with Gasteiger partial charge in [-0.2, -0.15) is 0 Å². The van der Waals surface area contributed by atoms with Gasteiger partial charge in [-0.1, -0.05) is 6.08 Å². The summed E-state index contributed by atoms with van der Waals surface area (Å²) in [6.07, 6.45) is -16.4. The van der Waals surface area contributed by atoms with E-state index in [4.69, 9.17) is 14.6 Å². The van der Waals surface area contributed by atoms with E-state index in [9.17, 15) is 55.9 Å². The average Bonchev–Trinajstić information content (AvgIpc) is 2.84. The lowest BCUT2D eigenvalue weighted by Gasteiger charge is -2.45. The summed E-state index contributed by atoms with van der Waals surface area (Å²) in [6, 6.07) is -2.47. The third kappa shape index (κ3) is 6.15. The lowest BCUT2D eigenvalue weighted by Crippen LogP contribution is -2.68. The van der Waals surface area contributed by atoms with Crippen molar-refractivity contribution in [3.63, 3.8) is 0 Å². The molecule has 0 saturated carbocycles. The van der Waals surface area contributed by atoms with E-state index < -0.39 is 106 Å². The van der Waals surface area contributed by atoms with Crippen molar-refractivity contribution in [2.45, 2.75) is 73.3 Å². The van der Waals surface area contributed by atoms with Crippen LogP contribution in [0.5, 0.6) is 0 Å². The highest BCUT2D eigenvalue weighted by atomic mass is 16.7. The largest absolute Gasteiger partial charge is 0.394 e. The molecule has 0 aromatic carbocycles. The second-order valence-corrected chi connectivity index (χ2v) is 8.16. The van der Waals surface area contributed by atoms with Gasteiger partial charge in [-0.05, 0) is 5.57 Å². The molecule has 2 rings (SSSR count). The molecular weight excluding hydrogens is 466 g/mol. The fraction of sp³-hybridized carbons (Fsp3) is 0.842. The van der Waals surface area contributed by atoms with Gasteiger partial charge in [0.15, 0.2) is 12.1 Å². The first-order chi connectivity index (χ1) is 16.0. The fourth-order valence-corrected chi connectivity index (χ4v) is 3.83. The van der Waals surface area contributed by atoms with Crippen molar-refractivity contribution in [3.05, 3.63) is 11.6 Å². The Labute approximate surface area is 193 Å². The Hall–Kier alpha value is -1.15. The number of hydrogen-bond donors (Lipinski definition) is 12. The minimum Gasteiger partial charge on any atom is -0.394 e. The minimum absolute atomic E-state index is 0.0226. The van der Waals surface area contributed by atoms with Crippen molar-refractivity contribution in [1.82, 2.24) is 5.32 Å². The normalized spacial score (nSPS) is 39.3. The molecule has 1 aliphatic carbocycles. The number of hydrogen-bond acceptors (Lipinski definition) is 15. The zero-order valence-corrected chi connectivity index (χ0v) is 18.0. The third-order valence-electron chi connectivity index (χ3n) is 5.87. The van der Waals surface area contributed by atoms with E-state index in [0.717, 1.165) is 0 Å². The number of aliphatic hydroxyl groups is 11. The monoisotopic (exact) mass is 499 g/mol. The number of rotatable bonds is 11. The van der Waals surface area contributed by atoms with E-state index in [1.807, 2.05) is 0 Å². The molecule has 15 heteroatoms. The second kappa shape index (κ2) is 12.7. The summed E-state index contributed by atoms with van der Waals surface area (Å²) >= 11 is 0. The third-order valence-corrected chi connectivity index (χ3v) is 5.87. The van der Waals surface area contributed by atoms with Gasteiger partial charge in [-0.3, -0.25) is 4.79 Å². The van der Waals surface area contributed by atoms with Crippen molar-refractivity contribution < 1.29 is 70.4 Å². The van der Waals surface area contributed by atoms with E-state index >= 15 is 0 Å². The first kappa shape index (κ1) is 29.1. The molecule has 12 atom stereocenters. The summed E-state index contributed by atoms with van der Waals surface area (Å²) in [5.41, 5.74) is -0.0226. The van der Waals surface area contributed by atoms with Gasteiger partial charge < -0.3 is 71.0 Å². The Kier molecular flexibility index (Phi) is 10.9. The maximum atomic E-state index is 12.2. The van der Waals surface area contributed by atoms with Crippen LogP contribution in [-0.4, -0.2) is 162 Å². The van der Waals surface area contributed by atoms with E-state index in [1.165, 1.54) is 6.08 Å². The predicted molar refractivity (Wildman–Crippen MR) is 108 cm³/mol. The Morgan fingerprint density at radius 3 is 2.15 bits per heavy atom. The molecule has 0 spiro atoms. The summed E-state index contributed by atoms with van der Waals surface area (Å²) < 4.78 is 10.6. The molecule has 0 amide bonds. The number of nitrogens with one attached hydrogen (secondary N) is 1. The first-order valence-electron chi connectivity index (χ1n) is 10.5. The Balaban J connectivity index is 2.22. The summed E-state index contributed by atoms with van der Waals surface area (Å²) in [6.45, 7) is -3.45. The van der Waals surface area contributed by atoms with Gasteiger partial charge in [0, 0.05) is 0 Å². The fourth-order valence-electron chi connectivity index (χ4n) is 3.83. The molecule has 1 fully saturated rings. The predicted octanol–water partition coefficient (Wildman–Crippen LogP) is -7.57. The van der Waals surface area contributed by atoms with Gasteiger partial charge in [0.2, 0.25) is 0 Å². The van der Waals surface area contributed by atoms with Crippen LogP contribution in [0.25, 0.3) is 0 Å². The van der Waals surface area contributed by atoms with Crippen molar-refractivity contribution in [2.75, 3.05) is 26.4 Å². The number of aliphatic hydroxyl groups excluding tert-OH is 11. The Morgan fingerprint density at radius 2 is 1.62 bits per heavy atom. The van der Waals surface area contributed by atoms with E-state index in [2.05, 4.69) is 5.32 Å². The Morgan fingerprint density at radius 1 is 0.971 bits per heavy atom. The molecule has 0 aromatic rings. The summed E-state index contributed by atoms with van der Waals surface area (Å²) in [5.74, 6) is -1.24. The van der Waals surface area contributed by atoms with Gasteiger partial charge in [-0.25, -0.2) is 0 Å². The molecule has 34 heavy (non-hydrogen) atoms. The summed E-state index contributed by atoms with van der Waals surface area (Å²) in [7, 11) is 0. The molecule has 2 aliphatic rings. The van der Waals surface area contributed by atoms with Gasteiger partial charge in [0.05, 0.1) is 38.5 Å². The van der Waals surface area contributed by atoms with Crippen LogP contribution in [0.4, 0.5) is 0 Å². The van der Waals surface area contributed by atoms with Crippen molar-refractivity contribution in [2.24, 2.45) is 0 Å². The van der Waals surface area contributed by atoms with Crippen LogP contribution in [0.1, 0.15) is 0 Å². The van der Waals surface area contributed by atoms with E-state index in [-0.39, 0.29) is 5.57 Å². The maximum absolute atomic E-state index is 12.2. The minimum atomic E-state index is -1.98. The molecule has 12 N–H and O–H groups in total. The topological polar surface area (TPSA) is 270 Å². The number of ether oxygens (including phenoxy) is 2. The van der Waals surface area contributed by atoms with Crippen LogP contribution in [0.2, 0.25) is 0 Å². The molecule has 1 saturated heterocycles. The van der Waals surface area contributed by atoms with E-state index in [1.54, 1.807) is 0 Å². The molecule has 0 radical (unpaired) electrons. The van der Waals surface area contributed by atoms with Crippen molar-refractivity contribution in [1.29, 1.82) is 0 Å². The lowest BCUT2D eigenvalue weighted by atomic mass is 9.86. The van der Waals surface area contributed by atoms with Gasteiger partial charge >= 0.3 is 0 Å². The highest BCUT2D eigenvalue weighted by Gasteiger charge is 2.49. The molecule has 0 bridgehead atoms. The van der Waals surface area contributed by atoms with Gasteiger partial charge in [-0.15, -0.1) is 0 Å². The summed E-state index contributed by atoms with van der Waals surface area (Å²) in [4.78, 5) is 12.2. The van der Waals surface area contributed by atoms with Crippen LogP contribution in [0.15, 0.2) is 11.6 Å². The zero-order chi connectivity index (χ0) is 25.7. The quantitative estimate of drug-likeness (QED) is 0.118. The smallest absolute Gasteiger partial charge is 0.195 e. The lowest BCUT2D eigenvalue weighted by molar-refractivity contribution is -0.298. The average molecular weight is 499 g/mol. The van der Waals surface area contributed by atoms with Crippen LogP contribution >= 0.6 is 0 Å². The van der Waals surface area contributed by atoms with Crippen LogP contribution in [-0.2, 0) is 14.3 Å². The molecule has 198 valence electrons. The number of ketones is 1. The van der Waals surface area contributed by atoms with Crippen LogP contribution < -0.4 is 5.32 Å². The highest BCUT2D eigenvalue weighted by molar-refractivity contribution is 5.87. The Bertz CT molecular complexity index is 692. The van der Waals surface area contributed by atoms with Crippen molar-refractivity contribution in [3.8, 4) is 0 Å².